The van der Waals surface area contributed by atoms with Crippen molar-refractivity contribution in [2.45, 2.75) is 66.1 Å². The van der Waals surface area contributed by atoms with Crippen molar-refractivity contribution >= 4 is 5.91 Å². The molecule has 1 aromatic carbocycles. The maximum atomic E-state index is 14.6. The van der Waals surface area contributed by atoms with Crippen LogP contribution in [0.25, 0.3) is 0 Å². The lowest BCUT2D eigenvalue weighted by Crippen LogP contribution is -2.47. The molecular weight excluding hydrogens is 443 g/mol. The molecule has 2 aromatic heterocycles. The molecule has 1 atom stereocenters. The normalized spacial score (nSPS) is 15.9. The lowest BCUT2D eigenvalue weighted by atomic mass is 9.84. The summed E-state index contributed by atoms with van der Waals surface area (Å²) in [5.41, 5.74) is 4.88. The van der Waals surface area contributed by atoms with Gasteiger partial charge in [-0.1, -0.05) is 18.2 Å². The first-order chi connectivity index (χ1) is 16.8. The maximum absolute atomic E-state index is 14.6. The van der Waals surface area contributed by atoms with E-state index < -0.39 is 0 Å². The van der Waals surface area contributed by atoms with Gasteiger partial charge in [0.15, 0.2) is 0 Å². The van der Waals surface area contributed by atoms with Gasteiger partial charge in [-0.3, -0.25) is 14.4 Å². The number of hydrogen-bond acceptors (Lipinski definition) is 4. The molecule has 1 amide bonds. The molecule has 0 aliphatic carbocycles. The Morgan fingerprint density at radius 3 is 2.51 bits per heavy atom. The van der Waals surface area contributed by atoms with Crippen molar-refractivity contribution in [3.8, 4) is 0 Å². The summed E-state index contributed by atoms with van der Waals surface area (Å²) in [6.45, 7) is 11.8. The Hall–Kier alpha value is -2.93. The smallest absolute Gasteiger partial charge is 0.257 e. The van der Waals surface area contributed by atoms with Gasteiger partial charge in [-0.05, 0) is 83.7 Å². The lowest BCUT2D eigenvalue weighted by molar-refractivity contribution is 0.0581. The van der Waals surface area contributed by atoms with Crippen LogP contribution in [0.5, 0.6) is 0 Å². The molecule has 0 saturated carbocycles. The largest absolute Gasteiger partial charge is 0.469 e. The summed E-state index contributed by atoms with van der Waals surface area (Å²) in [4.78, 5) is 17.6. The van der Waals surface area contributed by atoms with Gasteiger partial charge < -0.3 is 9.32 Å². The monoisotopic (exact) mass is 480 g/mol. The highest BCUT2D eigenvalue weighted by Crippen LogP contribution is 2.29. The highest BCUT2D eigenvalue weighted by molar-refractivity contribution is 5.95. The number of furan rings is 1. The number of halogens is 1. The Balaban J connectivity index is 1.50. The van der Waals surface area contributed by atoms with E-state index in [9.17, 15) is 9.18 Å². The number of benzene rings is 1. The number of amides is 1. The van der Waals surface area contributed by atoms with E-state index in [1.165, 1.54) is 17.3 Å². The Morgan fingerprint density at radius 1 is 1.20 bits per heavy atom. The summed E-state index contributed by atoms with van der Waals surface area (Å²) in [5, 5.41) is 4.67. The van der Waals surface area contributed by atoms with Gasteiger partial charge in [-0.25, -0.2) is 4.39 Å². The standard InChI is InChI=1S/C28H37FN4O2/c1-6-33-20(3)25(19(2)30-33)18-32-14-11-22(12-15-32)27(17-23-9-7-8-10-26(23)29)31(5)28(34)24-13-16-35-21(24)4/h7-10,13,16,22,27H,6,11-12,14-15,17-18H2,1-5H3/t27-/m1/s1. The molecule has 1 fully saturated rings. The van der Waals surface area contributed by atoms with E-state index in [4.69, 9.17) is 4.42 Å². The summed E-state index contributed by atoms with van der Waals surface area (Å²) in [5.74, 6) is 0.611. The number of piperidine rings is 1. The average molecular weight is 481 g/mol. The van der Waals surface area contributed by atoms with Crippen molar-refractivity contribution in [3.05, 3.63) is 76.3 Å². The van der Waals surface area contributed by atoms with Crippen molar-refractivity contribution in [2.75, 3.05) is 20.1 Å². The minimum absolute atomic E-state index is 0.0711. The number of carbonyl (C=O) groups excluding carboxylic acids is 1. The number of likely N-dealkylation sites (tertiary alicyclic amines) is 1. The van der Waals surface area contributed by atoms with Crippen LogP contribution >= 0.6 is 0 Å². The number of hydrogen-bond donors (Lipinski definition) is 0. The third-order valence-electron chi connectivity index (χ3n) is 7.68. The van der Waals surface area contributed by atoms with Crippen molar-refractivity contribution in [3.63, 3.8) is 0 Å². The number of aryl methyl sites for hydroxylation is 3. The van der Waals surface area contributed by atoms with Gasteiger partial charge in [0, 0.05) is 37.4 Å². The Labute approximate surface area is 207 Å². The van der Waals surface area contributed by atoms with E-state index in [1.807, 2.05) is 24.1 Å². The van der Waals surface area contributed by atoms with Crippen molar-refractivity contribution in [1.82, 2.24) is 19.6 Å². The van der Waals surface area contributed by atoms with Gasteiger partial charge in [0.1, 0.15) is 11.6 Å². The third kappa shape index (κ3) is 5.35. The molecule has 35 heavy (non-hydrogen) atoms. The fraction of sp³-hybridized carbons (Fsp3) is 0.500. The van der Waals surface area contributed by atoms with Crippen LogP contribution in [0.4, 0.5) is 4.39 Å². The number of carbonyl (C=O) groups is 1. The molecule has 0 spiro atoms. The zero-order valence-corrected chi connectivity index (χ0v) is 21.6. The molecule has 1 saturated heterocycles. The number of likely N-dealkylation sites (N-methyl/N-ethyl adjacent to an activating group) is 1. The van der Waals surface area contributed by atoms with Crippen LogP contribution in [-0.2, 0) is 19.5 Å². The molecule has 4 rings (SSSR count). The molecule has 0 radical (unpaired) electrons. The lowest BCUT2D eigenvalue weighted by Gasteiger charge is -2.40. The van der Waals surface area contributed by atoms with Crippen molar-refractivity contribution < 1.29 is 13.6 Å². The quantitative estimate of drug-likeness (QED) is 0.447. The third-order valence-corrected chi connectivity index (χ3v) is 7.68. The van der Waals surface area contributed by atoms with E-state index >= 15 is 0 Å². The Kier molecular flexibility index (Phi) is 7.75. The molecule has 3 heterocycles. The molecule has 188 valence electrons. The maximum Gasteiger partial charge on any atom is 0.257 e. The molecular formula is C28H37FN4O2. The highest BCUT2D eigenvalue weighted by atomic mass is 19.1. The van der Waals surface area contributed by atoms with Crippen LogP contribution in [0.2, 0.25) is 0 Å². The van der Waals surface area contributed by atoms with Crippen LogP contribution in [0.1, 0.15) is 58.4 Å². The van der Waals surface area contributed by atoms with Gasteiger partial charge in [0.2, 0.25) is 0 Å². The van der Waals surface area contributed by atoms with Crippen LogP contribution in [0.15, 0.2) is 41.0 Å². The van der Waals surface area contributed by atoms with Crippen molar-refractivity contribution in [1.29, 1.82) is 0 Å². The number of rotatable bonds is 8. The fourth-order valence-electron chi connectivity index (χ4n) is 5.45. The second kappa shape index (κ2) is 10.8. The summed E-state index contributed by atoms with van der Waals surface area (Å²) >= 11 is 0. The summed E-state index contributed by atoms with van der Waals surface area (Å²) < 4.78 is 22.0. The Bertz CT molecular complexity index is 1160. The predicted octanol–water partition coefficient (Wildman–Crippen LogP) is 5.16. The summed E-state index contributed by atoms with van der Waals surface area (Å²) in [7, 11) is 1.85. The molecule has 6 nitrogen and oxygen atoms in total. The zero-order valence-electron chi connectivity index (χ0n) is 21.6. The highest BCUT2D eigenvalue weighted by Gasteiger charge is 2.33. The van der Waals surface area contributed by atoms with E-state index in [0.29, 0.717) is 23.3 Å². The summed E-state index contributed by atoms with van der Waals surface area (Å²) in [6, 6.07) is 8.52. The SMILES string of the molecule is CCn1nc(C)c(CN2CCC([C@@H](Cc3ccccc3F)N(C)C(=O)c3ccoc3C)CC2)c1C. The second-order valence-corrected chi connectivity index (χ2v) is 9.75. The topological polar surface area (TPSA) is 54.5 Å². The molecule has 3 aromatic rings. The van der Waals surface area contributed by atoms with E-state index in [1.54, 1.807) is 25.3 Å². The van der Waals surface area contributed by atoms with Gasteiger partial charge in [0.25, 0.3) is 5.91 Å². The van der Waals surface area contributed by atoms with Crippen molar-refractivity contribution in [2.24, 2.45) is 5.92 Å². The number of nitrogens with zero attached hydrogens (tertiary/aromatic N) is 4. The van der Waals surface area contributed by atoms with E-state index in [2.05, 4.69) is 35.5 Å². The molecule has 1 aliphatic rings. The summed E-state index contributed by atoms with van der Waals surface area (Å²) in [6.07, 6.45) is 3.96. The van der Waals surface area contributed by atoms with Crippen LogP contribution in [-0.4, -0.2) is 51.7 Å². The first-order valence-corrected chi connectivity index (χ1v) is 12.6. The molecule has 0 bridgehead atoms. The fourth-order valence-corrected chi connectivity index (χ4v) is 5.45. The molecule has 7 heteroatoms. The predicted molar refractivity (Wildman–Crippen MR) is 135 cm³/mol. The van der Waals surface area contributed by atoms with Gasteiger partial charge in [-0.2, -0.15) is 5.10 Å². The van der Waals surface area contributed by atoms with E-state index in [0.717, 1.165) is 44.7 Å². The van der Waals surface area contributed by atoms with Gasteiger partial charge >= 0.3 is 0 Å². The first-order valence-electron chi connectivity index (χ1n) is 12.6. The second-order valence-electron chi connectivity index (χ2n) is 9.75. The van der Waals surface area contributed by atoms with Gasteiger partial charge in [0.05, 0.1) is 17.5 Å². The minimum Gasteiger partial charge on any atom is -0.469 e. The Morgan fingerprint density at radius 2 is 1.91 bits per heavy atom. The molecule has 0 unspecified atom stereocenters. The zero-order chi connectivity index (χ0) is 25.1. The van der Waals surface area contributed by atoms with Crippen LogP contribution in [0, 0.1) is 32.5 Å². The van der Waals surface area contributed by atoms with E-state index in [-0.39, 0.29) is 23.7 Å². The van der Waals surface area contributed by atoms with Crippen LogP contribution in [0.3, 0.4) is 0 Å². The number of aromatic nitrogens is 2. The van der Waals surface area contributed by atoms with Crippen LogP contribution < -0.4 is 0 Å². The average Bonchev–Trinajstić information content (AvgIpc) is 3.41. The minimum atomic E-state index is -0.214. The van der Waals surface area contributed by atoms with Gasteiger partial charge in [-0.15, -0.1) is 0 Å². The first kappa shape index (κ1) is 25.2. The molecule has 0 N–H and O–H groups in total. The molecule has 1 aliphatic heterocycles.